The smallest absolute Gasteiger partial charge is 0.223 e. The van der Waals surface area contributed by atoms with Gasteiger partial charge in [0.25, 0.3) is 0 Å². The van der Waals surface area contributed by atoms with E-state index in [0.717, 1.165) is 5.56 Å². The van der Waals surface area contributed by atoms with Crippen molar-refractivity contribution in [1.82, 2.24) is 5.32 Å². The van der Waals surface area contributed by atoms with Gasteiger partial charge in [-0.05, 0) is 30.4 Å². The number of hydrogen-bond donors (Lipinski definition) is 1. The largest absolute Gasteiger partial charge is 0.352 e. The van der Waals surface area contributed by atoms with Crippen LogP contribution in [-0.2, 0) is 11.3 Å². The Balaban J connectivity index is 1.87. The van der Waals surface area contributed by atoms with Gasteiger partial charge in [-0.2, -0.15) is 0 Å². The normalized spacial score (nSPS) is 16.9. The van der Waals surface area contributed by atoms with E-state index in [9.17, 15) is 4.79 Å². The van der Waals surface area contributed by atoms with Gasteiger partial charge in [0.1, 0.15) is 0 Å². The third kappa shape index (κ3) is 2.76. The van der Waals surface area contributed by atoms with E-state index in [1.54, 1.807) is 0 Å². The minimum Gasteiger partial charge on any atom is -0.352 e. The summed E-state index contributed by atoms with van der Waals surface area (Å²) in [4.78, 5) is 11.8. The van der Waals surface area contributed by atoms with Crippen LogP contribution in [0, 0.1) is 11.8 Å². The van der Waals surface area contributed by atoms with Gasteiger partial charge in [0.15, 0.2) is 0 Å². The van der Waals surface area contributed by atoms with Crippen LogP contribution in [0.15, 0.2) is 24.3 Å². The molecule has 1 atom stereocenters. The number of nitrogens with one attached hydrogen (secondary N) is 1. The fourth-order valence-corrected chi connectivity index (χ4v) is 2.00. The molecule has 0 aromatic heterocycles. The maximum atomic E-state index is 11.8. The lowest BCUT2D eigenvalue weighted by molar-refractivity contribution is -0.125. The molecule has 0 spiro atoms. The van der Waals surface area contributed by atoms with E-state index in [4.69, 9.17) is 11.6 Å². The second-order valence-corrected chi connectivity index (χ2v) is 4.84. The lowest BCUT2D eigenvalue weighted by Crippen LogP contribution is -2.29. The second kappa shape index (κ2) is 4.88. The van der Waals surface area contributed by atoms with Crippen molar-refractivity contribution in [2.24, 2.45) is 11.8 Å². The molecule has 2 nitrogen and oxygen atoms in total. The molecule has 0 saturated heterocycles. The van der Waals surface area contributed by atoms with Gasteiger partial charge in [-0.1, -0.05) is 36.7 Å². The standard InChI is InChI=1S/C13H16ClNO/c1-9(10-6-7-10)13(16)15-8-11-4-2-3-5-12(11)14/h2-5,9-10H,6-8H2,1H3,(H,15,16). The van der Waals surface area contributed by atoms with E-state index >= 15 is 0 Å². The minimum absolute atomic E-state index is 0.141. The molecular weight excluding hydrogens is 222 g/mol. The minimum atomic E-state index is 0.141. The van der Waals surface area contributed by atoms with Gasteiger partial charge in [-0.25, -0.2) is 0 Å². The van der Waals surface area contributed by atoms with Gasteiger partial charge >= 0.3 is 0 Å². The van der Waals surface area contributed by atoms with Crippen molar-refractivity contribution >= 4 is 17.5 Å². The highest BCUT2D eigenvalue weighted by Crippen LogP contribution is 2.36. The summed E-state index contributed by atoms with van der Waals surface area (Å²) in [6.45, 7) is 2.52. The monoisotopic (exact) mass is 237 g/mol. The summed E-state index contributed by atoms with van der Waals surface area (Å²) in [6, 6.07) is 7.59. The van der Waals surface area contributed by atoms with Crippen LogP contribution < -0.4 is 5.32 Å². The van der Waals surface area contributed by atoms with E-state index in [-0.39, 0.29) is 11.8 Å². The quantitative estimate of drug-likeness (QED) is 0.857. The number of amides is 1. The molecule has 3 heteroatoms. The van der Waals surface area contributed by atoms with Crippen LogP contribution in [0.2, 0.25) is 5.02 Å². The predicted octanol–water partition coefficient (Wildman–Crippen LogP) is 3.00. The SMILES string of the molecule is CC(C(=O)NCc1ccccc1Cl)C1CC1. The van der Waals surface area contributed by atoms with E-state index < -0.39 is 0 Å². The van der Waals surface area contributed by atoms with Gasteiger partial charge in [0.05, 0.1) is 0 Å². The predicted molar refractivity (Wildman–Crippen MR) is 65.2 cm³/mol. The van der Waals surface area contributed by atoms with Gasteiger partial charge in [-0.3, -0.25) is 4.79 Å². The molecule has 1 fully saturated rings. The van der Waals surface area contributed by atoms with Crippen molar-refractivity contribution in [1.29, 1.82) is 0 Å². The summed E-state index contributed by atoms with van der Waals surface area (Å²) in [5.41, 5.74) is 0.973. The molecule has 1 amide bonds. The molecule has 1 aromatic carbocycles. The lowest BCUT2D eigenvalue weighted by atomic mass is 10.1. The highest BCUT2D eigenvalue weighted by Gasteiger charge is 2.32. The summed E-state index contributed by atoms with van der Waals surface area (Å²) >= 11 is 6.01. The molecule has 1 unspecified atom stereocenters. The Labute approximate surface area is 101 Å². The Morgan fingerprint density at radius 2 is 2.19 bits per heavy atom. The maximum Gasteiger partial charge on any atom is 0.223 e. The van der Waals surface area contributed by atoms with Crippen molar-refractivity contribution in [3.05, 3.63) is 34.9 Å². The van der Waals surface area contributed by atoms with E-state index in [2.05, 4.69) is 5.32 Å². The molecule has 1 aliphatic carbocycles. The first-order valence-corrected chi connectivity index (χ1v) is 6.07. The Kier molecular flexibility index (Phi) is 3.49. The lowest BCUT2D eigenvalue weighted by Gasteiger charge is -2.11. The molecule has 0 heterocycles. The van der Waals surface area contributed by atoms with Crippen LogP contribution in [0.3, 0.4) is 0 Å². The van der Waals surface area contributed by atoms with Crippen LogP contribution in [0.5, 0.6) is 0 Å². The first kappa shape index (κ1) is 11.5. The highest BCUT2D eigenvalue weighted by molar-refractivity contribution is 6.31. The zero-order valence-corrected chi connectivity index (χ0v) is 10.1. The number of benzene rings is 1. The maximum absolute atomic E-state index is 11.8. The van der Waals surface area contributed by atoms with E-state index in [1.807, 2.05) is 31.2 Å². The Morgan fingerprint density at radius 3 is 2.81 bits per heavy atom. The molecule has 1 N–H and O–H groups in total. The van der Waals surface area contributed by atoms with Crippen LogP contribution >= 0.6 is 11.6 Å². The average Bonchev–Trinajstić information content (AvgIpc) is 3.10. The van der Waals surface area contributed by atoms with E-state index in [1.165, 1.54) is 12.8 Å². The Bertz CT molecular complexity index is 387. The number of rotatable bonds is 4. The van der Waals surface area contributed by atoms with Crippen molar-refractivity contribution < 1.29 is 4.79 Å². The summed E-state index contributed by atoms with van der Waals surface area (Å²) in [7, 11) is 0. The molecule has 2 rings (SSSR count). The molecular formula is C13H16ClNO. The first-order valence-electron chi connectivity index (χ1n) is 5.69. The van der Waals surface area contributed by atoms with Crippen LogP contribution in [-0.4, -0.2) is 5.91 Å². The summed E-state index contributed by atoms with van der Waals surface area (Å²) in [5, 5.41) is 3.65. The van der Waals surface area contributed by atoms with Gasteiger partial charge in [0, 0.05) is 17.5 Å². The average molecular weight is 238 g/mol. The first-order chi connectivity index (χ1) is 7.68. The summed E-state index contributed by atoms with van der Waals surface area (Å²) in [5.74, 6) is 0.885. The van der Waals surface area contributed by atoms with Crippen molar-refractivity contribution in [3.63, 3.8) is 0 Å². The third-order valence-corrected chi connectivity index (χ3v) is 3.52. The molecule has 0 radical (unpaired) electrons. The number of hydrogen-bond acceptors (Lipinski definition) is 1. The number of carbonyl (C=O) groups is 1. The van der Waals surface area contributed by atoms with Crippen LogP contribution in [0.25, 0.3) is 0 Å². The van der Waals surface area contributed by atoms with Gasteiger partial charge in [-0.15, -0.1) is 0 Å². The molecule has 1 saturated carbocycles. The van der Waals surface area contributed by atoms with Gasteiger partial charge < -0.3 is 5.32 Å². The molecule has 0 bridgehead atoms. The van der Waals surface area contributed by atoms with Crippen LogP contribution in [0.1, 0.15) is 25.3 Å². The van der Waals surface area contributed by atoms with Crippen LogP contribution in [0.4, 0.5) is 0 Å². The fraction of sp³-hybridized carbons (Fsp3) is 0.462. The fourth-order valence-electron chi connectivity index (χ4n) is 1.80. The Hall–Kier alpha value is -1.02. The van der Waals surface area contributed by atoms with E-state index in [0.29, 0.717) is 17.5 Å². The number of carbonyl (C=O) groups excluding carboxylic acids is 1. The highest BCUT2D eigenvalue weighted by atomic mass is 35.5. The second-order valence-electron chi connectivity index (χ2n) is 4.44. The zero-order valence-electron chi connectivity index (χ0n) is 9.37. The Morgan fingerprint density at radius 1 is 1.50 bits per heavy atom. The summed E-state index contributed by atoms with van der Waals surface area (Å²) in [6.07, 6.45) is 2.39. The molecule has 1 aromatic rings. The summed E-state index contributed by atoms with van der Waals surface area (Å²) < 4.78 is 0. The molecule has 16 heavy (non-hydrogen) atoms. The topological polar surface area (TPSA) is 29.1 Å². The van der Waals surface area contributed by atoms with Gasteiger partial charge in [0.2, 0.25) is 5.91 Å². The zero-order chi connectivity index (χ0) is 11.5. The van der Waals surface area contributed by atoms with Crippen molar-refractivity contribution in [2.45, 2.75) is 26.3 Å². The molecule has 0 aliphatic heterocycles. The van der Waals surface area contributed by atoms with Crippen molar-refractivity contribution in [3.8, 4) is 0 Å². The molecule has 86 valence electrons. The van der Waals surface area contributed by atoms with Crippen molar-refractivity contribution in [2.75, 3.05) is 0 Å². The number of halogens is 1. The molecule has 1 aliphatic rings. The third-order valence-electron chi connectivity index (χ3n) is 3.15.